The SMILES string of the molecule is Cl.NC12C[C@H]3C[C@@H](C1)CC(NC(=O)c1ccc(-c4cccnc4)cc1)(C3)C2. The van der Waals surface area contributed by atoms with E-state index in [2.05, 4.69) is 10.3 Å². The van der Waals surface area contributed by atoms with E-state index in [1.165, 1.54) is 6.42 Å². The molecule has 0 aliphatic heterocycles. The molecule has 4 nitrogen and oxygen atoms in total. The van der Waals surface area contributed by atoms with Crippen molar-refractivity contribution in [3.63, 3.8) is 0 Å². The molecule has 142 valence electrons. The topological polar surface area (TPSA) is 68.0 Å². The summed E-state index contributed by atoms with van der Waals surface area (Å²) in [5.74, 6) is 1.41. The Morgan fingerprint density at radius 1 is 1.04 bits per heavy atom. The number of hydrogen-bond acceptors (Lipinski definition) is 3. The van der Waals surface area contributed by atoms with Crippen LogP contribution in [-0.4, -0.2) is 22.0 Å². The molecule has 27 heavy (non-hydrogen) atoms. The third-order valence-corrected chi connectivity index (χ3v) is 6.63. The van der Waals surface area contributed by atoms with Gasteiger partial charge in [-0.1, -0.05) is 18.2 Å². The molecule has 1 amide bonds. The summed E-state index contributed by atoms with van der Waals surface area (Å²) < 4.78 is 0. The zero-order chi connectivity index (χ0) is 17.8. The molecule has 6 rings (SSSR count). The predicted octanol–water partition coefficient (Wildman–Crippen LogP) is 3.95. The fraction of sp³-hybridized carbons (Fsp3) is 0.455. The van der Waals surface area contributed by atoms with Crippen molar-refractivity contribution in [2.75, 3.05) is 0 Å². The first-order valence-corrected chi connectivity index (χ1v) is 9.65. The summed E-state index contributed by atoms with van der Waals surface area (Å²) in [5.41, 5.74) is 9.36. The number of nitrogens with two attached hydrogens (primary N) is 1. The monoisotopic (exact) mass is 383 g/mol. The summed E-state index contributed by atoms with van der Waals surface area (Å²) in [6.07, 6.45) is 10.3. The second kappa shape index (κ2) is 6.61. The van der Waals surface area contributed by atoms with Gasteiger partial charge in [-0.05, 0) is 79.7 Å². The van der Waals surface area contributed by atoms with Crippen LogP contribution in [0.3, 0.4) is 0 Å². The molecule has 0 saturated heterocycles. The van der Waals surface area contributed by atoms with Crippen LogP contribution in [0.4, 0.5) is 0 Å². The maximum Gasteiger partial charge on any atom is 0.251 e. The summed E-state index contributed by atoms with van der Waals surface area (Å²) in [7, 11) is 0. The largest absolute Gasteiger partial charge is 0.347 e. The molecule has 0 radical (unpaired) electrons. The minimum absolute atomic E-state index is 0. The Hall–Kier alpha value is -1.91. The fourth-order valence-electron chi connectivity index (χ4n) is 6.14. The summed E-state index contributed by atoms with van der Waals surface area (Å²) in [4.78, 5) is 17.1. The summed E-state index contributed by atoms with van der Waals surface area (Å²) in [6.45, 7) is 0. The van der Waals surface area contributed by atoms with Gasteiger partial charge in [0.1, 0.15) is 0 Å². The molecule has 1 aromatic carbocycles. The zero-order valence-corrected chi connectivity index (χ0v) is 16.2. The molecule has 4 fully saturated rings. The lowest BCUT2D eigenvalue weighted by Crippen LogP contribution is -2.68. The highest BCUT2D eigenvalue weighted by atomic mass is 35.5. The Labute approximate surface area is 166 Å². The van der Waals surface area contributed by atoms with Crippen molar-refractivity contribution in [2.45, 2.75) is 49.6 Å². The van der Waals surface area contributed by atoms with Crippen LogP contribution in [0, 0.1) is 11.8 Å². The van der Waals surface area contributed by atoms with Gasteiger partial charge in [0.25, 0.3) is 5.91 Å². The molecule has 0 spiro atoms. The third-order valence-electron chi connectivity index (χ3n) is 6.63. The molecule has 4 saturated carbocycles. The van der Waals surface area contributed by atoms with Crippen molar-refractivity contribution >= 4 is 18.3 Å². The molecule has 4 aliphatic rings. The Morgan fingerprint density at radius 3 is 2.33 bits per heavy atom. The van der Waals surface area contributed by atoms with E-state index in [0.29, 0.717) is 11.8 Å². The number of carbonyl (C=O) groups is 1. The van der Waals surface area contributed by atoms with Gasteiger partial charge < -0.3 is 11.1 Å². The summed E-state index contributed by atoms with van der Waals surface area (Å²) in [5, 5.41) is 3.39. The van der Waals surface area contributed by atoms with Gasteiger partial charge in [0.15, 0.2) is 0 Å². The van der Waals surface area contributed by atoms with E-state index in [1.807, 2.05) is 42.6 Å². The Kier molecular flexibility index (Phi) is 4.52. The molecular formula is C22H26ClN3O. The molecule has 4 aliphatic carbocycles. The van der Waals surface area contributed by atoms with Crippen LogP contribution in [0.5, 0.6) is 0 Å². The minimum Gasteiger partial charge on any atom is -0.347 e. The average Bonchev–Trinajstić information content (AvgIpc) is 2.60. The van der Waals surface area contributed by atoms with Gasteiger partial charge in [-0.25, -0.2) is 0 Å². The standard InChI is InChI=1S/C22H25N3O.ClH/c23-21-9-15-8-16(10-21)12-22(11-15,14-21)25-20(26)18-5-3-17(4-6-18)19-2-1-7-24-13-19;/h1-7,13,15-16H,8-12,14,23H2,(H,25,26);1H/t15-,16+,21?,22?;. The second-order valence-corrected chi connectivity index (χ2v) is 8.88. The maximum atomic E-state index is 12.9. The number of nitrogens with one attached hydrogen (secondary N) is 1. The number of carbonyl (C=O) groups excluding carboxylic acids is 1. The fourth-order valence-corrected chi connectivity index (χ4v) is 6.14. The summed E-state index contributed by atoms with van der Waals surface area (Å²) >= 11 is 0. The van der Waals surface area contributed by atoms with Crippen LogP contribution in [0.2, 0.25) is 0 Å². The Bertz CT molecular complexity index is 822. The lowest BCUT2D eigenvalue weighted by Gasteiger charge is -2.61. The number of amides is 1. The molecular weight excluding hydrogens is 358 g/mol. The van der Waals surface area contributed by atoms with E-state index in [9.17, 15) is 4.79 Å². The van der Waals surface area contributed by atoms with Crippen molar-refractivity contribution in [3.8, 4) is 11.1 Å². The molecule has 1 aromatic heterocycles. The van der Waals surface area contributed by atoms with Crippen LogP contribution < -0.4 is 11.1 Å². The molecule has 4 bridgehead atoms. The number of hydrogen-bond donors (Lipinski definition) is 2. The van der Waals surface area contributed by atoms with Gasteiger partial charge in [-0.3, -0.25) is 9.78 Å². The zero-order valence-electron chi connectivity index (χ0n) is 15.4. The van der Waals surface area contributed by atoms with Crippen molar-refractivity contribution in [1.82, 2.24) is 10.3 Å². The highest BCUT2D eigenvalue weighted by molar-refractivity contribution is 5.95. The number of benzene rings is 1. The van der Waals surface area contributed by atoms with Crippen molar-refractivity contribution in [1.29, 1.82) is 0 Å². The molecule has 4 atom stereocenters. The predicted molar refractivity (Wildman–Crippen MR) is 109 cm³/mol. The van der Waals surface area contributed by atoms with E-state index in [-0.39, 0.29) is 29.4 Å². The van der Waals surface area contributed by atoms with E-state index >= 15 is 0 Å². The van der Waals surface area contributed by atoms with E-state index in [1.54, 1.807) is 6.20 Å². The third kappa shape index (κ3) is 3.37. The quantitative estimate of drug-likeness (QED) is 0.843. The summed E-state index contributed by atoms with van der Waals surface area (Å²) in [6, 6.07) is 11.8. The first-order valence-electron chi connectivity index (χ1n) is 9.65. The minimum atomic E-state index is -0.0854. The van der Waals surface area contributed by atoms with E-state index in [0.717, 1.165) is 48.8 Å². The Balaban J connectivity index is 0.00000180. The van der Waals surface area contributed by atoms with Crippen LogP contribution in [0.1, 0.15) is 48.9 Å². The average molecular weight is 384 g/mol. The van der Waals surface area contributed by atoms with Gasteiger partial charge in [0.05, 0.1) is 0 Å². The van der Waals surface area contributed by atoms with Crippen LogP contribution in [0.25, 0.3) is 11.1 Å². The van der Waals surface area contributed by atoms with Gasteiger partial charge in [0, 0.05) is 29.0 Å². The lowest BCUT2D eigenvalue weighted by atomic mass is 9.50. The lowest BCUT2D eigenvalue weighted by molar-refractivity contribution is -0.0320. The highest BCUT2D eigenvalue weighted by Crippen LogP contribution is 2.56. The molecule has 5 heteroatoms. The van der Waals surface area contributed by atoms with Gasteiger partial charge in [-0.15, -0.1) is 12.4 Å². The van der Waals surface area contributed by atoms with E-state index in [4.69, 9.17) is 5.73 Å². The van der Waals surface area contributed by atoms with Gasteiger partial charge >= 0.3 is 0 Å². The maximum absolute atomic E-state index is 12.9. The van der Waals surface area contributed by atoms with Gasteiger partial charge in [0.2, 0.25) is 0 Å². The first-order chi connectivity index (χ1) is 12.5. The van der Waals surface area contributed by atoms with Crippen LogP contribution >= 0.6 is 12.4 Å². The number of pyridine rings is 1. The Morgan fingerprint density at radius 2 is 1.74 bits per heavy atom. The number of nitrogens with zero attached hydrogens (tertiary/aromatic N) is 1. The van der Waals surface area contributed by atoms with Crippen molar-refractivity contribution in [2.24, 2.45) is 17.6 Å². The first kappa shape index (κ1) is 18.5. The number of aromatic nitrogens is 1. The normalized spacial score (nSPS) is 33.4. The van der Waals surface area contributed by atoms with Crippen molar-refractivity contribution < 1.29 is 4.79 Å². The molecule has 2 aromatic rings. The van der Waals surface area contributed by atoms with Crippen LogP contribution in [-0.2, 0) is 0 Å². The smallest absolute Gasteiger partial charge is 0.251 e. The highest BCUT2D eigenvalue weighted by Gasteiger charge is 2.56. The van der Waals surface area contributed by atoms with E-state index < -0.39 is 0 Å². The van der Waals surface area contributed by atoms with Crippen LogP contribution in [0.15, 0.2) is 48.8 Å². The molecule has 1 heterocycles. The van der Waals surface area contributed by atoms with Gasteiger partial charge in [-0.2, -0.15) is 0 Å². The second-order valence-electron chi connectivity index (χ2n) is 8.88. The number of halogens is 1. The molecule has 2 unspecified atom stereocenters. The number of rotatable bonds is 3. The molecule has 3 N–H and O–H groups in total. The van der Waals surface area contributed by atoms with Crippen molar-refractivity contribution in [3.05, 3.63) is 54.4 Å².